The van der Waals surface area contributed by atoms with E-state index in [2.05, 4.69) is 10.1 Å². The predicted octanol–water partition coefficient (Wildman–Crippen LogP) is 0.0551. The minimum absolute atomic E-state index is 0.0888. The zero-order chi connectivity index (χ0) is 18.0. The number of nitro benzene ring substituents is 1. The van der Waals surface area contributed by atoms with Crippen LogP contribution in [0.5, 0.6) is 5.75 Å². The van der Waals surface area contributed by atoms with Gasteiger partial charge >= 0.3 is 5.97 Å². The first kappa shape index (κ1) is 16.9. The quantitative estimate of drug-likeness (QED) is 0.457. The largest absolute Gasteiger partial charge is 0.506 e. The summed E-state index contributed by atoms with van der Waals surface area (Å²) in [7, 11) is 2.44. The van der Waals surface area contributed by atoms with Crippen LogP contribution in [0.25, 0.3) is 10.9 Å². The van der Waals surface area contributed by atoms with Gasteiger partial charge in [-0.05, 0) is 6.07 Å². The molecule has 0 aliphatic rings. The standard InChI is InChI=1S/C14H13N3O7/c1-16-9-5-7(17(22)23)3-4-8(9)12(19)11(14(16)21)13(20)15-6-10(18)24-2/h3-5,19H,6H2,1-2H3,(H,15,20). The molecule has 0 aliphatic heterocycles. The zero-order valence-electron chi connectivity index (χ0n) is 12.7. The van der Waals surface area contributed by atoms with E-state index in [1.54, 1.807) is 0 Å². The van der Waals surface area contributed by atoms with Gasteiger partial charge in [-0.15, -0.1) is 0 Å². The van der Waals surface area contributed by atoms with Crippen LogP contribution < -0.4 is 10.9 Å². The van der Waals surface area contributed by atoms with Gasteiger partial charge in [0.15, 0.2) is 0 Å². The number of pyridine rings is 1. The summed E-state index contributed by atoms with van der Waals surface area (Å²) in [5.74, 6) is -2.31. The molecular weight excluding hydrogens is 322 g/mol. The summed E-state index contributed by atoms with van der Waals surface area (Å²) >= 11 is 0. The fraction of sp³-hybridized carbons (Fsp3) is 0.214. The van der Waals surface area contributed by atoms with Crippen molar-refractivity contribution in [3.63, 3.8) is 0 Å². The molecule has 126 valence electrons. The Morgan fingerprint density at radius 3 is 2.67 bits per heavy atom. The minimum atomic E-state index is -0.959. The molecule has 1 heterocycles. The van der Waals surface area contributed by atoms with Crippen molar-refractivity contribution in [3.05, 3.63) is 44.2 Å². The lowest BCUT2D eigenvalue weighted by molar-refractivity contribution is -0.384. The molecule has 1 aromatic carbocycles. The SMILES string of the molecule is COC(=O)CNC(=O)c1c(O)c2ccc([N+](=O)[O-])cc2n(C)c1=O. The van der Waals surface area contributed by atoms with E-state index in [0.717, 1.165) is 23.8 Å². The molecule has 10 nitrogen and oxygen atoms in total. The summed E-state index contributed by atoms with van der Waals surface area (Å²) in [6, 6.07) is 3.49. The topological polar surface area (TPSA) is 141 Å². The fourth-order valence-electron chi connectivity index (χ4n) is 2.14. The van der Waals surface area contributed by atoms with Crippen LogP contribution in [0.1, 0.15) is 10.4 Å². The van der Waals surface area contributed by atoms with Crippen LogP contribution in [0.2, 0.25) is 0 Å². The molecule has 0 radical (unpaired) electrons. The minimum Gasteiger partial charge on any atom is -0.506 e. The van der Waals surface area contributed by atoms with Crippen LogP contribution in [-0.4, -0.2) is 40.1 Å². The molecule has 0 bridgehead atoms. The first-order valence-corrected chi connectivity index (χ1v) is 6.63. The van der Waals surface area contributed by atoms with Gasteiger partial charge in [-0.3, -0.25) is 24.5 Å². The number of methoxy groups -OCH3 is 1. The third kappa shape index (κ3) is 2.89. The van der Waals surface area contributed by atoms with E-state index in [1.165, 1.54) is 13.1 Å². The summed E-state index contributed by atoms with van der Waals surface area (Å²) in [5, 5.41) is 23.3. The lowest BCUT2D eigenvalue weighted by atomic mass is 10.1. The van der Waals surface area contributed by atoms with Crippen molar-refractivity contribution < 1.29 is 24.4 Å². The number of nitro groups is 1. The molecule has 0 unspecified atom stereocenters. The van der Waals surface area contributed by atoms with Gasteiger partial charge in [0.2, 0.25) is 0 Å². The predicted molar refractivity (Wildman–Crippen MR) is 81.9 cm³/mol. The van der Waals surface area contributed by atoms with E-state index >= 15 is 0 Å². The number of rotatable bonds is 4. The van der Waals surface area contributed by atoms with Gasteiger partial charge in [0.1, 0.15) is 17.9 Å². The number of aryl methyl sites for hydroxylation is 1. The maximum absolute atomic E-state index is 12.3. The number of aromatic nitrogens is 1. The number of carbonyl (C=O) groups excluding carboxylic acids is 2. The molecule has 0 fully saturated rings. The molecule has 2 N–H and O–H groups in total. The van der Waals surface area contributed by atoms with Gasteiger partial charge in [0.25, 0.3) is 17.2 Å². The highest BCUT2D eigenvalue weighted by atomic mass is 16.6. The Balaban J connectivity index is 2.59. The molecule has 0 spiro atoms. The summed E-state index contributed by atoms with van der Waals surface area (Å²) < 4.78 is 5.37. The van der Waals surface area contributed by atoms with Crippen molar-refractivity contribution in [1.29, 1.82) is 0 Å². The van der Waals surface area contributed by atoms with E-state index in [4.69, 9.17) is 0 Å². The van der Waals surface area contributed by atoms with Gasteiger partial charge in [-0.25, -0.2) is 0 Å². The molecule has 24 heavy (non-hydrogen) atoms. The number of non-ortho nitro benzene ring substituents is 1. The molecule has 2 aromatic rings. The Kier molecular flexibility index (Phi) is 4.49. The molecule has 2 rings (SSSR count). The molecule has 1 amide bonds. The molecule has 0 aliphatic carbocycles. The first-order valence-electron chi connectivity index (χ1n) is 6.63. The average molecular weight is 335 g/mol. The maximum atomic E-state index is 12.3. The number of ether oxygens (including phenoxy) is 1. The number of fused-ring (bicyclic) bond motifs is 1. The second-order valence-corrected chi connectivity index (χ2v) is 4.81. The smallest absolute Gasteiger partial charge is 0.325 e. The third-order valence-corrected chi connectivity index (χ3v) is 3.41. The van der Waals surface area contributed by atoms with Gasteiger partial charge < -0.3 is 19.7 Å². The third-order valence-electron chi connectivity index (χ3n) is 3.41. The summed E-state index contributed by atoms with van der Waals surface area (Å²) in [6.45, 7) is -0.476. The van der Waals surface area contributed by atoms with Gasteiger partial charge in [-0.1, -0.05) is 0 Å². The summed E-state index contributed by atoms with van der Waals surface area (Å²) in [4.78, 5) is 45.6. The van der Waals surface area contributed by atoms with Crippen LogP contribution in [0.4, 0.5) is 5.69 Å². The number of amides is 1. The second-order valence-electron chi connectivity index (χ2n) is 4.81. The van der Waals surface area contributed by atoms with Crippen molar-refractivity contribution in [2.75, 3.05) is 13.7 Å². The number of aromatic hydroxyl groups is 1. The van der Waals surface area contributed by atoms with Gasteiger partial charge in [-0.2, -0.15) is 0 Å². The molecule has 0 saturated carbocycles. The van der Waals surface area contributed by atoms with Crippen LogP contribution in [-0.2, 0) is 16.6 Å². The van der Waals surface area contributed by atoms with Crippen LogP contribution in [0.3, 0.4) is 0 Å². The molecular formula is C14H13N3O7. The van der Waals surface area contributed by atoms with E-state index in [0.29, 0.717) is 0 Å². The van der Waals surface area contributed by atoms with Gasteiger partial charge in [0, 0.05) is 24.6 Å². The Morgan fingerprint density at radius 1 is 1.42 bits per heavy atom. The van der Waals surface area contributed by atoms with Crippen molar-refractivity contribution in [2.24, 2.45) is 7.05 Å². The number of hydrogen-bond donors (Lipinski definition) is 2. The Morgan fingerprint density at radius 2 is 2.08 bits per heavy atom. The highest BCUT2D eigenvalue weighted by Gasteiger charge is 2.22. The summed E-state index contributed by atoms with van der Waals surface area (Å²) in [5.41, 5.74) is -1.60. The van der Waals surface area contributed by atoms with E-state index in [1.807, 2.05) is 0 Å². The van der Waals surface area contributed by atoms with Crippen molar-refractivity contribution >= 4 is 28.5 Å². The molecule has 1 aromatic heterocycles. The first-order chi connectivity index (χ1) is 11.3. The molecule has 10 heteroatoms. The maximum Gasteiger partial charge on any atom is 0.325 e. The van der Waals surface area contributed by atoms with Crippen molar-refractivity contribution in [2.45, 2.75) is 0 Å². The number of nitrogens with zero attached hydrogens (tertiary/aromatic N) is 2. The average Bonchev–Trinajstić information content (AvgIpc) is 2.57. The van der Waals surface area contributed by atoms with E-state index in [-0.39, 0.29) is 16.6 Å². The van der Waals surface area contributed by atoms with Crippen molar-refractivity contribution in [1.82, 2.24) is 9.88 Å². The Hall–Kier alpha value is -3.43. The Labute approximate surface area is 134 Å². The van der Waals surface area contributed by atoms with Crippen LogP contribution in [0.15, 0.2) is 23.0 Å². The monoisotopic (exact) mass is 335 g/mol. The van der Waals surface area contributed by atoms with E-state index < -0.39 is 40.2 Å². The highest BCUT2D eigenvalue weighted by molar-refractivity contribution is 6.03. The Bertz CT molecular complexity index is 917. The summed E-state index contributed by atoms with van der Waals surface area (Å²) in [6.07, 6.45) is 0. The number of hydrogen-bond acceptors (Lipinski definition) is 7. The number of nitrogens with one attached hydrogen (secondary N) is 1. The lowest BCUT2D eigenvalue weighted by Gasteiger charge is -2.11. The van der Waals surface area contributed by atoms with Crippen molar-refractivity contribution in [3.8, 4) is 5.75 Å². The normalized spacial score (nSPS) is 10.4. The highest BCUT2D eigenvalue weighted by Crippen LogP contribution is 2.28. The van der Waals surface area contributed by atoms with Crippen LogP contribution in [0, 0.1) is 10.1 Å². The number of benzene rings is 1. The molecule has 0 atom stereocenters. The molecule has 0 saturated heterocycles. The number of esters is 1. The number of carbonyl (C=O) groups is 2. The van der Waals surface area contributed by atoms with Gasteiger partial charge in [0.05, 0.1) is 17.5 Å². The zero-order valence-corrected chi connectivity index (χ0v) is 12.7. The lowest BCUT2D eigenvalue weighted by Crippen LogP contribution is -2.35. The van der Waals surface area contributed by atoms with Crippen LogP contribution >= 0.6 is 0 Å². The fourth-order valence-corrected chi connectivity index (χ4v) is 2.14. The second kappa shape index (κ2) is 6.36. The van der Waals surface area contributed by atoms with E-state index in [9.17, 15) is 29.6 Å².